The molecule has 0 saturated heterocycles. The third-order valence-corrected chi connectivity index (χ3v) is 1.64. The Morgan fingerprint density at radius 1 is 1.64 bits per heavy atom. The second-order valence-corrected chi connectivity index (χ2v) is 2.56. The summed E-state index contributed by atoms with van der Waals surface area (Å²) >= 11 is 0. The molecule has 1 heterocycles. The molecular formula is C9H12O2. The third-order valence-electron chi connectivity index (χ3n) is 1.64. The van der Waals surface area contributed by atoms with Crippen LogP contribution in [0.15, 0.2) is 16.7 Å². The average Bonchev–Trinajstić information content (AvgIpc) is 2.36. The summed E-state index contributed by atoms with van der Waals surface area (Å²) in [5, 5.41) is 0. The fourth-order valence-corrected chi connectivity index (χ4v) is 1.04. The lowest BCUT2D eigenvalue weighted by Crippen LogP contribution is -1.97. The molecule has 2 nitrogen and oxygen atoms in total. The first-order valence-corrected chi connectivity index (χ1v) is 3.83. The Morgan fingerprint density at radius 2 is 2.36 bits per heavy atom. The summed E-state index contributed by atoms with van der Waals surface area (Å²) in [6.45, 7) is 3.80. The number of furan rings is 1. The minimum absolute atomic E-state index is 0.179. The molecular weight excluding hydrogens is 140 g/mol. The van der Waals surface area contributed by atoms with E-state index < -0.39 is 0 Å². The molecule has 1 aromatic heterocycles. The summed E-state index contributed by atoms with van der Waals surface area (Å²) in [5.41, 5.74) is 0.729. The topological polar surface area (TPSA) is 30.2 Å². The Kier molecular flexibility index (Phi) is 2.47. The number of Topliss-reactive ketones (excluding diaryl/α,β-unsaturated/α-hetero) is 1. The van der Waals surface area contributed by atoms with Crippen LogP contribution in [0.25, 0.3) is 0 Å². The van der Waals surface area contributed by atoms with Crippen molar-refractivity contribution in [3.05, 3.63) is 23.7 Å². The van der Waals surface area contributed by atoms with Gasteiger partial charge >= 0.3 is 0 Å². The molecule has 0 aliphatic rings. The SMILES string of the molecule is CCCC(=O)c1ccoc1C. The number of hydrogen-bond donors (Lipinski definition) is 0. The van der Waals surface area contributed by atoms with Crippen molar-refractivity contribution in [2.45, 2.75) is 26.7 Å². The van der Waals surface area contributed by atoms with Gasteiger partial charge in [0.25, 0.3) is 0 Å². The number of ketones is 1. The van der Waals surface area contributed by atoms with Crippen LogP contribution in [0, 0.1) is 6.92 Å². The zero-order chi connectivity index (χ0) is 8.27. The number of aryl methyl sites for hydroxylation is 1. The third kappa shape index (κ3) is 1.70. The summed E-state index contributed by atoms with van der Waals surface area (Å²) < 4.78 is 5.01. The summed E-state index contributed by atoms with van der Waals surface area (Å²) in [5.74, 6) is 0.905. The predicted octanol–water partition coefficient (Wildman–Crippen LogP) is 2.57. The lowest BCUT2D eigenvalue weighted by atomic mass is 10.1. The Hall–Kier alpha value is -1.05. The summed E-state index contributed by atoms with van der Waals surface area (Å²) in [6.07, 6.45) is 3.06. The molecule has 0 N–H and O–H groups in total. The molecule has 0 fully saturated rings. The van der Waals surface area contributed by atoms with Gasteiger partial charge in [-0.25, -0.2) is 0 Å². The fourth-order valence-electron chi connectivity index (χ4n) is 1.04. The average molecular weight is 152 g/mol. The van der Waals surface area contributed by atoms with E-state index in [9.17, 15) is 4.79 Å². The first-order chi connectivity index (χ1) is 5.25. The molecule has 0 unspecified atom stereocenters. The molecule has 0 radical (unpaired) electrons. The quantitative estimate of drug-likeness (QED) is 0.623. The van der Waals surface area contributed by atoms with E-state index in [-0.39, 0.29) is 5.78 Å². The maximum absolute atomic E-state index is 11.3. The van der Waals surface area contributed by atoms with Crippen LogP contribution in [-0.2, 0) is 0 Å². The monoisotopic (exact) mass is 152 g/mol. The highest BCUT2D eigenvalue weighted by atomic mass is 16.3. The molecule has 1 aromatic rings. The van der Waals surface area contributed by atoms with Crippen LogP contribution >= 0.6 is 0 Å². The van der Waals surface area contributed by atoms with E-state index in [0.717, 1.165) is 17.7 Å². The normalized spacial score (nSPS) is 10.0. The minimum atomic E-state index is 0.179. The maximum atomic E-state index is 11.3. The van der Waals surface area contributed by atoms with Gasteiger partial charge in [-0.05, 0) is 19.4 Å². The molecule has 1 rings (SSSR count). The van der Waals surface area contributed by atoms with Crippen molar-refractivity contribution in [3.63, 3.8) is 0 Å². The van der Waals surface area contributed by atoms with Gasteiger partial charge in [0.2, 0.25) is 0 Å². The van der Waals surface area contributed by atoms with E-state index >= 15 is 0 Å². The van der Waals surface area contributed by atoms with E-state index in [4.69, 9.17) is 4.42 Å². The fraction of sp³-hybridized carbons (Fsp3) is 0.444. The van der Waals surface area contributed by atoms with Crippen LogP contribution in [-0.4, -0.2) is 5.78 Å². The Balaban J connectivity index is 2.76. The maximum Gasteiger partial charge on any atom is 0.166 e. The number of carbonyl (C=O) groups is 1. The molecule has 11 heavy (non-hydrogen) atoms. The van der Waals surface area contributed by atoms with Crippen molar-refractivity contribution in [2.75, 3.05) is 0 Å². The predicted molar refractivity (Wildman–Crippen MR) is 42.7 cm³/mol. The molecule has 2 heteroatoms. The van der Waals surface area contributed by atoms with Crippen molar-refractivity contribution >= 4 is 5.78 Å². The standard InChI is InChI=1S/C9H12O2/c1-3-4-9(10)8-5-6-11-7(8)2/h5-6H,3-4H2,1-2H3. The van der Waals surface area contributed by atoms with Gasteiger partial charge in [-0.2, -0.15) is 0 Å². The Morgan fingerprint density at radius 3 is 2.82 bits per heavy atom. The molecule has 0 aliphatic carbocycles. The number of hydrogen-bond acceptors (Lipinski definition) is 2. The summed E-state index contributed by atoms with van der Waals surface area (Å²) in [7, 11) is 0. The van der Waals surface area contributed by atoms with Crippen molar-refractivity contribution in [3.8, 4) is 0 Å². The lowest BCUT2D eigenvalue weighted by molar-refractivity contribution is 0.0980. The van der Waals surface area contributed by atoms with Crippen LogP contribution in [0.1, 0.15) is 35.9 Å². The van der Waals surface area contributed by atoms with Gasteiger partial charge in [0.1, 0.15) is 5.76 Å². The van der Waals surface area contributed by atoms with Gasteiger partial charge in [0.05, 0.1) is 11.8 Å². The van der Waals surface area contributed by atoms with Crippen molar-refractivity contribution in [1.82, 2.24) is 0 Å². The van der Waals surface area contributed by atoms with E-state index in [0.29, 0.717) is 6.42 Å². The molecule has 0 bridgehead atoms. The smallest absolute Gasteiger partial charge is 0.166 e. The molecule has 60 valence electrons. The van der Waals surface area contributed by atoms with Crippen LogP contribution in [0.5, 0.6) is 0 Å². The molecule has 0 aromatic carbocycles. The second-order valence-electron chi connectivity index (χ2n) is 2.56. The van der Waals surface area contributed by atoms with E-state index in [1.165, 1.54) is 0 Å². The van der Waals surface area contributed by atoms with Crippen LogP contribution in [0.4, 0.5) is 0 Å². The van der Waals surface area contributed by atoms with Crippen LogP contribution < -0.4 is 0 Å². The number of carbonyl (C=O) groups excluding carboxylic acids is 1. The molecule has 0 amide bonds. The highest BCUT2D eigenvalue weighted by Crippen LogP contribution is 2.11. The summed E-state index contributed by atoms with van der Waals surface area (Å²) in [6, 6.07) is 1.73. The Bertz CT molecular complexity index is 248. The zero-order valence-corrected chi connectivity index (χ0v) is 6.89. The van der Waals surface area contributed by atoms with Gasteiger partial charge in [0, 0.05) is 6.42 Å². The first kappa shape index (κ1) is 8.05. The highest BCUT2D eigenvalue weighted by molar-refractivity contribution is 5.96. The zero-order valence-electron chi connectivity index (χ0n) is 6.89. The van der Waals surface area contributed by atoms with Gasteiger partial charge in [-0.1, -0.05) is 6.92 Å². The Labute approximate surface area is 66.2 Å². The van der Waals surface area contributed by atoms with Crippen molar-refractivity contribution in [1.29, 1.82) is 0 Å². The van der Waals surface area contributed by atoms with Crippen LogP contribution in [0.3, 0.4) is 0 Å². The van der Waals surface area contributed by atoms with Crippen molar-refractivity contribution < 1.29 is 9.21 Å². The van der Waals surface area contributed by atoms with E-state index in [1.807, 2.05) is 13.8 Å². The van der Waals surface area contributed by atoms with Gasteiger partial charge in [0.15, 0.2) is 5.78 Å². The van der Waals surface area contributed by atoms with Crippen molar-refractivity contribution in [2.24, 2.45) is 0 Å². The molecule has 0 aliphatic heterocycles. The lowest BCUT2D eigenvalue weighted by Gasteiger charge is -1.94. The number of rotatable bonds is 3. The van der Waals surface area contributed by atoms with E-state index in [1.54, 1.807) is 12.3 Å². The molecule has 0 atom stereocenters. The van der Waals surface area contributed by atoms with Gasteiger partial charge in [-0.15, -0.1) is 0 Å². The molecule has 0 saturated carbocycles. The minimum Gasteiger partial charge on any atom is -0.469 e. The van der Waals surface area contributed by atoms with Crippen LogP contribution in [0.2, 0.25) is 0 Å². The van der Waals surface area contributed by atoms with E-state index in [2.05, 4.69) is 0 Å². The summed E-state index contributed by atoms with van der Waals surface area (Å²) in [4.78, 5) is 11.3. The highest BCUT2D eigenvalue weighted by Gasteiger charge is 2.09. The van der Waals surface area contributed by atoms with Gasteiger partial charge in [-0.3, -0.25) is 4.79 Å². The first-order valence-electron chi connectivity index (χ1n) is 3.83. The second kappa shape index (κ2) is 3.37. The van der Waals surface area contributed by atoms with Gasteiger partial charge < -0.3 is 4.42 Å². The largest absolute Gasteiger partial charge is 0.469 e. The molecule has 0 spiro atoms.